The van der Waals surface area contributed by atoms with Crippen LogP contribution in [0.15, 0.2) is 24.3 Å². The Bertz CT molecular complexity index is 452. The fourth-order valence-corrected chi connectivity index (χ4v) is 3.25. The number of benzene rings is 1. The van der Waals surface area contributed by atoms with Crippen molar-refractivity contribution < 1.29 is 4.79 Å². The Hall–Kier alpha value is -1.51. The van der Waals surface area contributed by atoms with Crippen molar-refractivity contribution in [2.75, 3.05) is 12.4 Å². The third-order valence-electron chi connectivity index (χ3n) is 4.29. The number of anilines is 1. The van der Waals surface area contributed by atoms with Crippen LogP contribution in [0.4, 0.5) is 5.69 Å². The molecule has 0 bridgehead atoms. The third kappa shape index (κ3) is 1.88. The monoisotopic (exact) mass is 244 g/mol. The molecule has 1 N–H and O–H groups in total. The number of carbonyl (C=O) groups is 1. The van der Waals surface area contributed by atoms with Gasteiger partial charge in [0.15, 0.2) is 0 Å². The van der Waals surface area contributed by atoms with Crippen molar-refractivity contribution in [1.82, 2.24) is 4.90 Å². The summed E-state index contributed by atoms with van der Waals surface area (Å²) in [5.74, 6) is 0.751. The SMILES string of the molecule is CN1C(=O)c2ccccc2NC1C1CCCCC1. The zero-order valence-electron chi connectivity index (χ0n) is 10.9. The highest BCUT2D eigenvalue weighted by atomic mass is 16.2. The molecule has 1 heterocycles. The Morgan fingerprint density at radius 3 is 2.67 bits per heavy atom. The molecular formula is C15H20N2O. The minimum absolute atomic E-state index is 0.153. The molecule has 0 spiro atoms. The van der Waals surface area contributed by atoms with Crippen LogP contribution in [0.3, 0.4) is 0 Å². The van der Waals surface area contributed by atoms with Gasteiger partial charge >= 0.3 is 0 Å². The first-order valence-corrected chi connectivity index (χ1v) is 6.90. The molecule has 18 heavy (non-hydrogen) atoms. The zero-order valence-corrected chi connectivity index (χ0v) is 10.9. The molecule has 1 unspecified atom stereocenters. The van der Waals surface area contributed by atoms with E-state index in [4.69, 9.17) is 0 Å². The maximum atomic E-state index is 12.4. The van der Waals surface area contributed by atoms with E-state index in [-0.39, 0.29) is 12.1 Å². The van der Waals surface area contributed by atoms with E-state index in [1.54, 1.807) is 0 Å². The molecule has 0 radical (unpaired) electrons. The molecule has 1 aliphatic heterocycles. The molecule has 1 atom stereocenters. The average molecular weight is 244 g/mol. The predicted molar refractivity (Wildman–Crippen MR) is 72.5 cm³/mol. The van der Waals surface area contributed by atoms with Gasteiger partial charge in [0.25, 0.3) is 5.91 Å². The van der Waals surface area contributed by atoms with Gasteiger partial charge in [0.05, 0.1) is 5.56 Å². The number of hydrogen-bond donors (Lipinski definition) is 1. The van der Waals surface area contributed by atoms with Crippen molar-refractivity contribution >= 4 is 11.6 Å². The molecule has 96 valence electrons. The minimum Gasteiger partial charge on any atom is -0.364 e. The van der Waals surface area contributed by atoms with Crippen molar-refractivity contribution in [3.63, 3.8) is 0 Å². The number of para-hydroxylation sites is 1. The van der Waals surface area contributed by atoms with Gasteiger partial charge in [0, 0.05) is 12.7 Å². The number of amides is 1. The van der Waals surface area contributed by atoms with E-state index in [0.717, 1.165) is 11.3 Å². The molecule has 2 aliphatic rings. The first kappa shape index (κ1) is 11.6. The van der Waals surface area contributed by atoms with E-state index in [1.165, 1.54) is 32.1 Å². The van der Waals surface area contributed by atoms with Gasteiger partial charge in [0.2, 0.25) is 0 Å². The Morgan fingerprint density at radius 2 is 1.89 bits per heavy atom. The maximum Gasteiger partial charge on any atom is 0.257 e. The molecule has 1 aromatic carbocycles. The van der Waals surface area contributed by atoms with Crippen LogP contribution in [0.2, 0.25) is 0 Å². The summed E-state index contributed by atoms with van der Waals surface area (Å²) in [6, 6.07) is 7.82. The van der Waals surface area contributed by atoms with Gasteiger partial charge in [-0.3, -0.25) is 4.79 Å². The van der Waals surface area contributed by atoms with Crippen molar-refractivity contribution in [2.24, 2.45) is 5.92 Å². The van der Waals surface area contributed by atoms with Crippen LogP contribution in [0, 0.1) is 5.92 Å². The molecule has 1 fully saturated rings. The summed E-state index contributed by atoms with van der Waals surface area (Å²) in [6.07, 6.45) is 6.58. The molecule has 3 nitrogen and oxygen atoms in total. The molecule has 1 aliphatic carbocycles. The topological polar surface area (TPSA) is 32.3 Å². The highest BCUT2D eigenvalue weighted by Gasteiger charge is 2.34. The summed E-state index contributed by atoms with van der Waals surface area (Å²) >= 11 is 0. The summed E-state index contributed by atoms with van der Waals surface area (Å²) in [5, 5.41) is 3.55. The lowest BCUT2D eigenvalue weighted by molar-refractivity contribution is 0.0658. The second-order valence-corrected chi connectivity index (χ2v) is 5.45. The largest absolute Gasteiger partial charge is 0.364 e. The van der Waals surface area contributed by atoms with Gasteiger partial charge in [-0.05, 0) is 30.9 Å². The average Bonchev–Trinajstić information content (AvgIpc) is 2.44. The lowest BCUT2D eigenvalue weighted by Gasteiger charge is -2.41. The number of fused-ring (bicyclic) bond motifs is 1. The molecule has 3 rings (SSSR count). The van der Waals surface area contributed by atoms with Crippen LogP contribution in [-0.2, 0) is 0 Å². The van der Waals surface area contributed by atoms with Crippen LogP contribution >= 0.6 is 0 Å². The van der Waals surface area contributed by atoms with E-state index in [9.17, 15) is 4.79 Å². The van der Waals surface area contributed by atoms with Crippen LogP contribution < -0.4 is 5.32 Å². The number of carbonyl (C=O) groups excluding carboxylic acids is 1. The predicted octanol–water partition coefficient (Wildman–Crippen LogP) is 3.09. The normalized spacial score (nSPS) is 24.6. The third-order valence-corrected chi connectivity index (χ3v) is 4.29. The van der Waals surface area contributed by atoms with Gasteiger partial charge in [-0.2, -0.15) is 0 Å². The summed E-state index contributed by atoms with van der Waals surface area (Å²) in [6.45, 7) is 0. The molecule has 1 saturated carbocycles. The van der Waals surface area contributed by atoms with Crippen molar-refractivity contribution in [2.45, 2.75) is 38.3 Å². The van der Waals surface area contributed by atoms with E-state index in [2.05, 4.69) is 5.32 Å². The smallest absolute Gasteiger partial charge is 0.257 e. The van der Waals surface area contributed by atoms with Gasteiger partial charge in [-0.1, -0.05) is 31.4 Å². The van der Waals surface area contributed by atoms with Gasteiger partial charge in [-0.25, -0.2) is 0 Å². The lowest BCUT2D eigenvalue weighted by atomic mass is 9.85. The van der Waals surface area contributed by atoms with Gasteiger partial charge < -0.3 is 10.2 Å². The minimum atomic E-state index is 0.153. The van der Waals surface area contributed by atoms with E-state index >= 15 is 0 Å². The standard InChI is InChI=1S/C15H20N2O/c1-17-14(11-7-3-2-4-8-11)16-13-10-6-5-9-12(13)15(17)18/h5-6,9-11,14,16H,2-4,7-8H2,1H3. The lowest BCUT2D eigenvalue weighted by Crippen LogP contribution is -2.50. The molecule has 0 aromatic heterocycles. The van der Waals surface area contributed by atoms with Crippen molar-refractivity contribution in [1.29, 1.82) is 0 Å². The first-order chi connectivity index (χ1) is 8.77. The van der Waals surface area contributed by atoms with E-state index < -0.39 is 0 Å². The summed E-state index contributed by atoms with van der Waals surface area (Å²) in [4.78, 5) is 14.2. The molecular weight excluding hydrogens is 224 g/mol. The first-order valence-electron chi connectivity index (χ1n) is 6.90. The number of rotatable bonds is 1. The molecule has 1 aromatic rings. The Kier molecular flexibility index (Phi) is 2.98. The Morgan fingerprint density at radius 1 is 1.17 bits per heavy atom. The van der Waals surface area contributed by atoms with Crippen molar-refractivity contribution in [3.8, 4) is 0 Å². The van der Waals surface area contributed by atoms with E-state index in [0.29, 0.717) is 5.92 Å². The number of hydrogen-bond acceptors (Lipinski definition) is 2. The van der Waals surface area contributed by atoms with Crippen LogP contribution in [0.1, 0.15) is 42.5 Å². The second-order valence-electron chi connectivity index (χ2n) is 5.45. The highest BCUT2D eigenvalue weighted by Crippen LogP contribution is 2.33. The summed E-state index contributed by atoms with van der Waals surface area (Å²) < 4.78 is 0. The quantitative estimate of drug-likeness (QED) is 0.823. The molecule has 3 heteroatoms. The number of nitrogens with zero attached hydrogens (tertiary/aromatic N) is 1. The van der Waals surface area contributed by atoms with Crippen molar-refractivity contribution in [3.05, 3.63) is 29.8 Å². The second kappa shape index (κ2) is 4.63. The van der Waals surface area contributed by atoms with Crippen LogP contribution in [0.25, 0.3) is 0 Å². The van der Waals surface area contributed by atoms with Gasteiger partial charge in [0.1, 0.15) is 6.17 Å². The Balaban J connectivity index is 1.88. The molecule has 1 amide bonds. The van der Waals surface area contributed by atoms with Crippen LogP contribution in [0.5, 0.6) is 0 Å². The molecule has 0 saturated heterocycles. The summed E-state index contributed by atoms with van der Waals surface area (Å²) in [7, 11) is 1.92. The highest BCUT2D eigenvalue weighted by molar-refractivity contribution is 6.01. The number of nitrogens with one attached hydrogen (secondary N) is 1. The van der Waals surface area contributed by atoms with Gasteiger partial charge in [-0.15, -0.1) is 0 Å². The Labute approximate surface area is 108 Å². The zero-order chi connectivity index (χ0) is 12.5. The summed E-state index contributed by atoms with van der Waals surface area (Å²) in [5.41, 5.74) is 1.79. The maximum absolute atomic E-state index is 12.4. The fraction of sp³-hybridized carbons (Fsp3) is 0.533. The van der Waals surface area contributed by atoms with E-state index in [1.807, 2.05) is 36.2 Å². The fourth-order valence-electron chi connectivity index (χ4n) is 3.25. The van der Waals surface area contributed by atoms with Crippen LogP contribution in [-0.4, -0.2) is 24.0 Å².